The summed E-state index contributed by atoms with van der Waals surface area (Å²) in [6, 6.07) is 11.2. The second-order valence-corrected chi connectivity index (χ2v) is 5.80. The average molecular weight is 347 g/mol. The van der Waals surface area contributed by atoms with Gasteiger partial charge in [-0.3, -0.25) is 0 Å². The molecule has 0 spiro atoms. The van der Waals surface area contributed by atoms with Crippen molar-refractivity contribution in [2.24, 2.45) is 0 Å². The van der Waals surface area contributed by atoms with Gasteiger partial charge in [-0.15, -0.1) is 0 Å². The van der Waals surface area contributed by atoms with Crippen molar-refractivity contribution in [3.8, 4) is 39.6 Å². The standard InChI is InChI=1S/C20H17N3O3/c1-25-17-5-3-12(8-18(17)26-2)14-7-15-16(11-23-20(15)22-10-14)13-4-6-19(24)21-9-13/h3-11H,1-2H3,(H,21,24)(H,22,23). The lowest BCUT2D eigenvalue weighted by atomic mass is 10.0. The number of benzene rings is 1. The minimum Gasteiger partial charge on any atom is -0.493 e. The molecule has 6 nitrogen and oxygen atoms in total. The van der Waals surface area contributed by atoms with Crippen LogP contribution in [0.25, 0.3) is 33.3 Å². The SMILES string of the molecule is COc1ccc(-c2cnc3[nH]cc(-c4ccc(O)nc4)c3c2)cc1OC. The molecule has 6 heteroatoms. The van der Waals surface area contributed by atoms with E-state index in [2.05, 4.69) is 21.0 Å². The highest BCUT2D eigenvalue weighted by atomic mass is 16.5. The maximum Gasteiger partial charge on any atom is 0.210 e. The van der Waals surface area contributed by atoms with Crippen LogP contribution >= 0.6 is 0 Å². The Morgan fingerprint density at radius 1 is 0.846 bits per heavy atom. The zero-order chi connectivity index (χ0) is 18.1. The van der Waals surface area contributed by atoms with Gasteiger partial charge in [0.15, 0.2) is 11.5 Å². The van der Waals surface area contributed by atoms with Crippen molar-refractivity contribution < 1.29 is 14.6 Å². The monoisotopic (exact) mass is 347 g/mol. The van der Waals surface area contributed by atoms with E-state index in [0.717, 1.165) is 33.3 Å². The number of nitrogens with zero attached hydrogens (tertiary/aromatic N) is 2. The molecule has 130 valence electrons. The molecule has 2 N–H and O–H groups in total. The zero-order valence-electron chi connectivity index (χ0n) is 14.4. The van der Waals surface area contributed by atoms with Gasteiger partial charge >= 0.3 is 0 Å². The summed E-state index contributed by atoms with van der Waals surface area (Å²) < 4.78 is 10.7. The van der Waals surface area contributed by atoms with Gasteiger partial charge in [-0.1, -0.05) is 6.07 Å². The topological polar surface area (TPSA) is 80.3 Å². The van der Waals surface area contributed by atoms with Crippen LogP contribution in [0.2, 0.25) is 0 Å². The first-order valence-electron chi connectivity index (χ1n) is 8.04. The first-order chi connectivity index (χ1) is 12.7. The van der Waals surface area contributed by atoms with Gasteiger partial charge in [0.2, 0.25) is 5.88 Å². The van der Waals surface area contributed by atoms with E-state index in [9.17, 15) is 5.11 Å². The van der Waals surface area contributed by atoms with E-state index in [1.165, 1.54) is 0 Å². The molecule has 0 radical (unpaired) electrons. The summed E-state index contributed by atoms with van der Waals surface area (Å²) >= 11 is 0. The quantitative estimate of drug-likeness (QED) is 0.583. The van der Waals surface area contributed by atoms with E-state index < -0.39 is 0 Å². The van der Waals surface area contributed by atoms with Crippen LogP contribution in [0.5, 0.6) is 17.4 Å². The van der Waals surface area contributed by atoms with Gasteiger partial charge in [-0.25, -0.2) is 9.97 Å². The molecule has 0 unspecified atom stereocenters. The number of hydrogen-bond donors (Lipinski definition) is 2. The smallest absolute Gasteiger partial charge is 0.210 e. The number of aromatic nitrogens is 3. The second-order valence-electron chi connectivity index (χ2n) is 5.80. The molecule has 3 heterocycles. The first kappa shape index (κ1) is 16.0. The van der Waals surface area contributed by atoms with Crippen LogP contribution in [0.4, 0.5) is 0 Å². The van der Waals surface area contributed by atoms with Gasteiger partial charge < -0.3 is 19.6 Å². The summed E-state index contributed by atoms with van der Waals surface area (Å²) in [6.07, 6.45) is 5.35. The molecule has 4 rings (SSSR count). The number of aromatic amines is 1. The summed E-state index contributed by atoms with van der Waals surface area (Å²) in [5.41, 5.74) is 4.61. The highest BCUT2D eigenvalue weighted by Gasteiger charge is 2.11. The summed E-state index contributed by atoms with van der Waals surface area (Å²) in [4.78, 5) is 11.7. The largest absolute Gasteiger partial charge is 0.493 e. The highest BCUT2D eigenvalue weighted by Crippen LogP contribution is 2.35. The minimum atomic E-state index is -0.00210. The average Bonchev–Trinajstić information content (AvgIpc) is 3.11. The lowest BCUT2D eigenvalue weighted by Crippen LogP contribution is -1.91. The number of rotatable bonds is 4. The van der Waals surface area contributed by atoms with Crippen molar-refractivity contribution in [2.75, 3.05) is 14.2 Å². The predicted octanol–water partition coefficient (Wildman–Crippen LogP) is 4.01. The predicted molar refractivity (Wildman–Crippen MR) is 99.5 cm³/mol. The van der Waals surface area contributed by atoms with Gasteiger partial charge in [0, 0.05) is 46.7 Å². The molecule has 0 fully saturated rings. The van der Waals surface area contributed by atoms with Crippen molar-refractivity contribution in [2.45, 2.75) is 0 Å². The maximum atomic E-state index is 9.40. The van der Waals surface area contributed by atoms with Gasteiger partial charge in [-0.05, 0) is 29.8 Å². The highest BCUT2D eigenvalue weighted by molar-refractivity contribution is 5.95. The normalized spacial score (nSPS) is 10.8. The number of methoxy groups -OCH3 is 2. The molecule has 3 aromatic heterocycles. The van der Waals surface area contributed by atoms with E-state index in [1.54, 1.807) is 26.5 Å². The molecule has 0 bridgehead atoms. The van der Waals surface area contributed by atoms with Crippen LogP contribution in [-0.4, -0.2) is 34.3 Å². The van der Waals surface area contributed by atoms with Crippen LogP contribution in [0.1, 0.15) is 0 Å². The van der Waals surface area contributed by atoms with Crippen molar-refractivity contribution in [1.29, 1.82) is 0 Å². The van der Waals surface area contributed by atoms with Crippen molar-refractivity contribution >= 4 is 11.0 Å². The van der Waals surface area contributed by atoms with Crippen molar-refractivity contribution in [1.82, 2.24) is 15.0 Å². The number of H-pyrrole nitrogens is 1. The van der Waals surface area contributed by atoms with Crippen LogP contribution in [-0.2, 0) is 0 Å². The number of pyridine rings is 2. The molecule has 0 saturated heterocycles. The van der Waals surface area contributed by atoms with Gasteiger partial charge in [-0.2, -0.15) is 0 Å². The molecular formula is C20H17N3O3. The molecular weight excluding hydrogens is 330 g/mol. The third-order valence-electron chi connectivity index (χ3n) is 4.31. The van der Waals surface area contributed by atoms with Gasteiger partial charge in [0.1, 0.15) is 5.65 Å². The third kappa shape index (κ3) is 2.71. The van der Waals surface area contributed by atoms with E-state index in [-0.39, 0.29) is 5.88 Å². The number of ether oxygens (including phenoxy) is 2. The Bertz CT molecular complexity index is 1070. The molecule has 26 heavy (non-hydrogen) atoms. The van der Waals surface area contributed by atoms with Crippen LogP contribution in [0, 0.1) is 0 Å². The summed E-state index contributed by atoms with van der Waals surface area (Å²) in [7, 11) is 3.23. The Morgan fingerprint density at radius 2 is 1.62 bits per heavy atom. The molecule has 4 aromatic rings. The summed E-state index contributed by atoms with van der Waals surface area (Å²) in [5, 5.41) is 10.4. The Kier molecular flexibility index (Phi) is 3.93. The summed E-state index contributed by atoms with van der Waals surface area (Å²) in [5.74, 6) is 1.35. The van der Waals surface area contributed by atoms with Crippen LogP contribution in [0.3, 0.4) is 0 Å². The Labute approximate surface area is 150 Å². The van der Waals surface area contributed by atoms with E-state index in [0.29, 0.717) is 11.5 Å². The number of hydrogen-bond acceptors (Lipinski definition) is 5. The van der Waals surface area contributed by atoms with Crippen LogP contribution < -0.4 is 9.47 Å². The molecule has 0 aliphatic carbocycles. The first-order valence-corrected chi connectivity index (χ1v) is 8.04. The zero-order valence-corrected chi connectivity index (χ0v) is 14.4. The molecule has 0 aliphatic heterocycles. The third-order valence-corrected chi connectivity index (χ3v) is 4.31. The lowest BCUT2D eigenvalue weighted by Gasteiger charge is -2.10. The van der Waals surface area contributed by atoms with Crippen molar-refractivity contribution in [3.63, 3.8) is 0 Å². The fourth-order valence-electron chi connectivity index (χ4n) is 2.96. The van der Waals surface area contributed by atoms with Crippen LogP contribution in [0.15, 0.2) is 55.0 Å². The Balaban J connectivity index is 1.83. The fraction of sp³-hybridized carbons (Fsp3) is 0.100. The minimum absolute atomic E-state index is 0.00210. The molecule has 1 aromatic carbocycles. The van der Waals surface area contributed by atoms with Gasteiger partial charge in [0.05, 0.1) is 14.2 Å². The molecule has 0 aliphatic rings. The van der Waals surface area contributed by atoms with E-state index >= 15 is 0 Å². The van der Waals surface area contributed by atoms with E-state index in [1.807, 2.05) is 36.7 Å². The Morgan fingerprint density at radius 3 is 2.35 bits per heavy atom. The van der Waals surface area contributed by atoms with Crippen molar-refractivity contribution in [3.05, 3.63) is 55.0 Å². The van der Waals surface area contributed by atoms with E-state index in [4.69, 9.17) is 9.47 Å². The molecule has 0 atom stereocenters. The number of fused-ring (bicyclic) bond motifs is 1. The Hall–Kier alpha value is -3.54. The summed E-state index contributed by atoms with van der Waals surface area (Å²) in [6.45, 7) is 0. The maximum absolute atomic E-state index is 9.40. The second kappa shape index (κ2) is 6.40. The lowest BCUT2D eigenvalue weighted by molar-refractivity contribution is 0.355. The van der Waals surface area contributed by atoms with Gasteiger partial charge in [0.25, 0.3) is 0 Å². The molecule has 0 saturated carbocycles. The number of aromatic hydroxyl groups is 1. The molecule has 0 amide bonds. The fourth-order valence-corrected chi connectivity index (χ4v) is 2.96. The number of nitrogens with one attached hydrogen (secondary N) is 1.